The molecule has 0 aromatic carbocycles. The van der Waals surface area contributed by atoms with E-state index in [-0.39, 0.29) is 0 Å². The molecule has 1 saturated heterocycles. The maximum Gasteiger partial charge on any atom is 0.336 e. The Bertz CT molecular complexity index is 327. The Kier molecular flexibility index (Phi) is 3.00. The summed E-state index contributed by atoms with van der Waals surface area (Å²) in [6.07, 6.45) is -1.55. The number of rotatable bonds is 3. The van der Waals surface area contributed by atoms with Gasteiger partial charge in [-0.2, -0.15) is 0 Å². The molecule has 0 aliphatic carbocycles. The summed E-state index contributed by atoms with van der Waals surface area (Å²) >= 11 is 0. The standard InChI is InChI=1S/C10H16O6/c1-5-7(13)9(2,4-6(11)12)16-10(5,3)8(14)15/h5,7,13H,4H2,1-3H3,(H,11,12)(H,14,15)/t5-,7+,9-,10-/m0/s1. The lowest BCUT2D eigenvalue weighted by atomic mass is 9.83. The van der Waals surface area contributed by atoms with Crippen molar-refractivity contribution in [2.45, 2.75) is 44.5 Å². The van der Waals surface area contributed by atoms with Crippen LogP contribution in [0.5, 0.6) is 0 Å². The smallest absolute Gasteiger partial charge is 0.336 e. The van der Waals surface area contributed by atoms with E-state index in [0.717, 1.165) is 0 Å². The average molecular weight is 232 g/mol. The molecule has 0 amide bonds. The van der Waals surface area contributed by atoms with E-state index in [1.54, 1.807) is 0 Å². The fraction of sp³-hybridized carbons (Fsp3) is 0.800. The number of ether oxygens (including phenoxy) is 1. The van der Waals surface area contributed by atoms with E-state index in [0.29, 0.717) is 0 Å². The van der Waals surface area contributed by atoms with Gasteiger partial charge in [0, 0.05) is 5.92 Å². The molecule has 0 radical (unpaired) electrons. The minimum atomic E-state index is -1.55. The molecule has 0 spiro atoms. The second kappa shape index (κ2) is 3.71. The van der Waals surface area contributed by atoms with E-state index >= 15 is 0 Å². The average Bonchev–Trinajstić information content (AvgIpc) is 2.27. The third-order valence-corrected chi connectivity index (χ3v) is 3.34. The molecule has 0 bridgehead atoms. The van der Waals surface area contributed by atoms with E-state index < -0.39 is 41.6 Å². The van der Waals surface area contributed by atoms with Gasteiger partial charge in [0.15, 0.2) is 5.60 Å². The molecule has 1 fully saturated rings. The fourth-order valence-corrected chi connectivity index (χ4v) is 2.15. The van der Waals surface area contributed by atoms with Crippen LogP contribution in [0.2, 0.25) is 0 Å². The van der Waals surface area contributed by atoms with Crippen molar-refractivity contribution in [1.82, 2.24) is 0 Å². The summed E-state index contributed by atoms with van der Waals surface area (Å²) in [5, 5.41) is 27.7. The van der Waals surface area contributed by atoms with Crippen molar-refractivity contribution in [3.63, 3.8) is 0 Å². The first-order valence-corrected chi connectivity index (χ1v) is 4.97. The monoisotopic (exact) mass is 232 g/mol. The summed E-state index contributed by atoms with van der Waals surface area (Å²) in [4.78, 5) is 21.7. The lowest BCUT2D eigenvalue weighted by molar-refractivity contribution is -0.178. The molecule has 1 heterocycles. The molecular formula is C10H16O6. The van der Waals surface area contributed by atoms with Gasteiger partial charge < -0.3 is 20.1 Å². The molecule has 0 aromatic heterocycles. The summed E-state index contributed by atoms with van der Waals surface area (Å²) in [6, 6.07) is 0. The molecule has 6 heteroatoms. The molecule has 3 N–H and O–H groups in total. The van der Waals surface area contributed by atoms with Crippen molar-refractivity contribution in [3.8, 4) is 0 Å². The van der Waals surface area contributed by atoms with Gasteiger partial charge in [0.1, 0.15) is 5.60 Å². The van der Waals surface area contributed by atoms with E-state index in [4.69, 9.17) is 14.9 Å². The summed E-state index contributed by atoms with van der Waals surface area (Å²) in [5.74, 6) is -3.01. The highest BCUT2D eigenvalue weighted by Gasteiger charge is 2.60. The van der Waals surface area contributed by atoms with E-state index in [9.17, 15) is 14.7 Å². The van der Waals surface area contributed by atoms with Gasteiger partial charge in [-0.25, -0.2) is 4.79 Å². The van der Waals surface area contributed by atoms with Gasteiger partial charge >= 0.3 is 11.9 Å². The predicted octanol–water partition coefficient (Wildman–Crippen LogP) is 0.0903. The van der Waals surface area contributed by atoms with E-state index in [1.165, 1.54) is 20.8 Å². The number of aliphatic carboxylic acids is 2. The third-order valence-electron chi connectivity index (χ3n) is 3.34. The second-order valence-electron chi connectivity index (χ2n) is 4.63. The Hall–Kier alpha value is -1.14. The van der Waals surface area contributed by atoms with Gasteiger partial charge in [-0.3, -0.25) is 4.79 Å². The maximum absolute atomic E-state index is 11.1. The fourth-order valence-electron chi connectivity index (χ4n) is 2.15. The van der Waals surface area contributed by atoms with Crippen LogP contribution in [0.25, 0.3) is 0 Å². The van der Waals surface area contributed by atoms with Crippen molar-refractivity contribution in [2.75, 3.05) is 0 Å². The van der Waals surface area contributed by atoms with Crippen LogP contribution in [-0.2, 0) is 14.3 Å². The number of aliphatic hydroxyl groups excluding tert-OH is 1. The molecule has 0 unspecified atom stereocenters. The zero-order valence-corrected chi connectivity index (χ0v) is 9.43. The molecule has 1 rings (SSSR count). The Morgan fingerprint density at radius 3 is 2.12 bits per heavy atom. The molecule has 4 atom stereocenters. The topological polar surface area (TPSA) is 104 Å². The van der Waals surface area contributed by atoms with E-state index in [2.05, 4.69) is 0 Å². The lowest BCUT2D eigenvalue weighted by Crippen LogP contribution is -2.42. The Morgan fingerprint density at radius 2 is 1.81 bits per heavy atom. The molecule has 1 aliphatic rings. The van der Waals surface area contributed by atoms with Crippen LogP contribution >= 0.6 is 0 Å². The van der Waals surface area contributed by atoms with Gasteiger partial charge in [0.25, 0.3) is 0 Å². The zero-order chi connectivity index (χ0) is 12.7. The SMILES string of the molecule is C[C@H]1[C@@H](O)[C@](C)(CC(=O)O)O[C@]1(C)C(=O)O. The summed E-state index contributed by atoms with van der Waals surface area (Å²) in [5.41, 5.74) is -2.91. The van der Waals surface area contributed by atoms with E-state index in [1.807, 2.05) is 0 Å². The van der Waals surface area contributed by atoms with Gasteiger partial charge in [0.2, 0.25) is 0 Å². The van der Waals surface area contributed by atoms with Crippen molar-refractivity contribution in [3.05, 3.63) is 0 Å². The highest BCUT2D eigenvalue weighted by molar-refractivity contribution is 5.78. The summed E-state index contributed by atoms with van der Waals surface area (Å²) < 4.78 is 5.30. The number of hydrogen-bond donors (Lipinski definition) is 3. The molecule has 0 aromatic rings. The highest BCUT2D eigenvalue weighted by Crippen LogP contribution is 2.44. The molecular weight excluding hydrogens is 216 g/mol. The van der Waals surface area contributed by atoms with Crippen LogP contribution in [-0.4, -0.2) is 44.6 Å². The van der Waals surface area contributed by atoms with Crippen molar-refractivity contribution < 1.29 is 29.6 Å². The summed E-state index contributed by atoms with van der Waals surface area (Å²) in [7, 11) is 0. The summed E-state index contributed by atoms with van der Waals surface area (Å²) in [6.45, 7) is 4.29. The first-order chi connectivity index (χ1) is 7.13. The van der Waals surface area contributed by atoms with Crippen LogP contribution in [0.3, 0.4) is 0 Å². The quantitative estimate of drug-likeness (QED) is 0.637. The van der Waals surface area contributed by atoms with Crippen LogP contribution in [0.15, 0.2) is 0 Å². The lowest BCUT2D eigenvalue weighted by Gasteiger charge is -2.27. The predicted molar refractivity (Wildman–Crippen MR) is 53.0 cm³/mol. The molecule has 0 saturated carbocycles. The zero-order valence-electron chi connectivity index (χ0n) is 9.43. The van der Waals surface area contributed by atoms with Crippen LogP contribution in [0, 0.1) is 5.92 Å². The number of carboxylic acids is 2. The van der Waals surface area contributed by atoms with Crippen LogP contribution in [0.4, 0.5) is 0 Å². The minimum Gasteiger partial charge on any atom is -0.481 e. The first-order valence-electron chi connectivity index (χ1n) is 4.97. The van der Waals surface area contributed by atoms with Crippen molar-refractivity contribution in [1.29, 1.82) is 0 Å². The van der Waals surface area contributed by atoms with Gasteiger partial charge in [-0.15, -0.1) is 0 Å². The third kappa shape index (κ3) is 1.78. The molecule has 6 nitrogen and oxygen atoms in total. The molecule has 92 valence electrons. The highest BCUT2D eigenvalue weighted by atomic mass is 16.6. The molecule has 16 heavy (non-hydrogen) atoms. The van der Waals surface area contributed by atoms with Crippen LogP contribution in [0.1, 0.15) is 27.2 Å². The Balaban J connectivity index is 3.03. The second-order valence-corrected chi connectivity index (χ2v) is 4.63. The Labute approximate surface area is 92.8 Å². The van der Waals surface area contributed by atoms with Crippen LogP contribution < -0.4 is 0 Å². The normalized spacial score (nSPS) is 43.2. The molecule has 1 aliphatic heterocycles. The maximum atomic E-state index is 11.1. The van der Waals surface area contributed by atoms with Crippen molar-refractivity contribution in [2.24, 2.45) is 5.92 Å². The Morgan fingerprint density at radius 1 is 1.31 bits per heavy atom. The largest absolute Gasteiger partial charge is 0.481 e. The number of carboxylic acid groups (broad SMARTS) is 2. The van der Waals surface area contributed by atoms with Gasteiger partial charge in [0.05, 0.1) is 12.5 Å². The number of aliphatic hydroxyl groups is 1. The number of carbonyl (C=O) groups is 2. The van der Waals surface area contributed by atoms with Gasteiger partial charge in [-0.05, 0) is 13.8 Å². The minimum absolute atomic E-state index is 0.429. The number of hydrogen-bond acceptors (Lipinski definition) is 4. The van der Waals surface area contributed by atoms with Crippen molar-refractivity contribution >= 4 is 11.9 Å². The van der Waals surface area contributed by atoms with Gasteiger partial charge in [-0.1, -0.05) is 6.92 Å². The first kappa shape index (κ1) is 12.9.